The Morgan fingerprint density at radius 1 is 1.56 bits per heavy atom. The Balaban J connectivity index is 2.30. The third kappa shape index (κ3) is 4.16. The second kappa shape index (κ2) is 6.44. The molecule has 0 bridgehead atoms. The summed E-state index contributed by atoms with van der Waals surface area (Å²) in [4.78, 5) is 24.5. The number of hydrogen-bond donors (Lipinski definition) is 2. The highest BCUT2D eigenvalue weighted by atomic mass is 16.5. The van der Waals surface area contributed by atoms with Crippen molar-refractivity contribution in [1.82, 2.24) is 15.5 Å². The molecule has 92 valence electrons. The standard InChI is InChI=1S/C10H19N3O3/c1-3-16-10(15)12-9(14)7-13-5-4-11-6-8(13)2/h8,11H,3-7H2,1-2H3,(H,12,14,15)/t8-/m1/s1. The highest BCUT2D eigenvalue weighted by molar-refractivity contribution is 5.92. The van der Waals surface area contributed by atoms with Crippen molar-refractivity contribution >= 4 is 12.0 Å². The van der Waals surface area contributed by atoms with E-state index in [9.17, 15) is 9.59 Å². The van der Waals surface area contributed by atoms with Crippen molar-refractivity contribution in [2.75, 3.05) is 32.8 Å². The third-order valence-corrected chi connectivity index (χ3v) is 2.50. The molecule has 2 N–H and O–H groups in total. The summed E-state index contributed by atoms with van der Waals surface area (Å²) in [6.07, 6.45) is -0.671. The second-order valence-electron chi connectivity index (χ2n) is 3.79. The summed E-state index contributed by atoms with van der Waals surface area (Å²) in [5.74, 6) is -0.313. The molecule has 0 aromatic rings. The van der Waals surface area contributed by atoms with Crippen LogP contribution >= 0.6 is 0 Å². The van der Waals surface area contributed by atoms with Gasteiger partial charge < -0.3 is 10.1 Å². The lowest BCUT2D eigenvalue weighted by atomic mass is 10.2. The Bertz CT molecular complexity index is 258. The summed E-state index contributed by atoms with van der Waals surface area (Å²) in [7, 11) is 0. The van der Waals surface area contributed by atoms with Gasteiger partial charge in [-0.1, -0.05) is 0 Å². The van der Waals surface area contributed by atoms with E-state index in [1.165, 1.54) is 0 Å². The van der Waals surface area contributed by atoms with Crippen molar-refractivity contribution in [3.63, 3.8) is 0 Å². The number of amides is 2. The van der Waals surface area contributed by atoms with Gasteiger partial charge in [-0.3, -0.25) is 15.0 Å². The normalized spacial score (nSPS) is 21.5. The van der Waals surface area contributed by atoms with Crippen LogP contribution in [0.25, 0.3) is 0 Å². The number of nitrogens with zero attached hydrogens (tertiary/aromatic N) is 1. The number of imide groups is 1. The third-order valence-electron chi connectivity index (χ3n) is 2.50. The summed E-state index contributed by atoms with van der Waals surface area (Å²) in [5, 5.41) is 5.42. The minimum Gasteiger partial charge on any atom is -0.450 e. The Morgan fingerprint density at radius 3 is 2.94 bits per heavy atom. The van der Waals surface area contributed by atoms with Crippen LogP contribution in [0.5, 0.6) is 0 Å². The molecule has 0 aromatic carbocycles. The lowest BCUT2D eigenvalue weighted by Crippen LogP contribution is -2.53. The highest BCUT2D eigenvalue weighted by Crippen LogP contribution is 2.00. The molecule has 2 amide bonds. The first kappa shape index (κ1) is 12.9. The number of carbonyl (C=O) groups excluding carboxylic acids is 2. The number of carbonyl (C=O) groups is 2. The van der Waals surface area contributed by atoms with Gasteiger partial charge in [-0.05, 0) is 13.8 Å². The van der Waals surface area contributed by atoms with Gasteiger partial charge in [0.25, 0.3) is 0 Å². The molecule has 1 fully saturated rings. The van der Waals surface area contributed by atoms with E-state index in [-0.39, 0.29) is 19.1 Å². The number of hydrogen-bond acceptors (Lipinski definition) is 5. The zero-order valence-electron chi connectivity index (χ0n) is 9.78. The average Bonchev–Trinajstić information content (AvgIpc) is 2.21. The molecule has 1 heterocycles. The minimum atomic E-state index is -0.671. The average molecular weight is 229 g/mol. The largest absolute Gasteiger partial charge is 0.450 e. The molecule has 0 aliphatic carbocycles. The molecule has 0 spiro atoms. The molecule has 1 saturated heterocycles. The topological polar surface area (TPSA) is 70.7 Å². The number of ether oxygens (including phenoxy) is 1. The fraction of sp³-hybridized carbons (Fsp3) is 0.800. The van der Waals surface area contributed by atoms with Crippen LogP contribution in [0.3, 0.4) is 0 Å². The zero-order valence-corrected chi connectivity index (χ0v) is 9.78. The van der Waals surface area contributed by atoms with E-state index in [0.717, 1.165) is 19.6 Å². The van der Waals surface area contributed by atoms with Gasteiger partial charge in [0.15, 0.2) is 0 Å². The Hall–Kier alpha value is -1.14. The predicted octanol–water partition coefficient (Wildman–Crippen LogP) is -0.447. The highest BCUT2D eigenvalue weighted by Gasteiger charge is 2.21. The SMILES string of the molecule is CCOC(=O)NC(=O)CN1CCNC[C@H]1C. The monoisotopic (exact) mass is 229 g/mol. The molecule has 1 atom stereocenters. The van der Waals surface area contributed by atoms with Crippen molar-refractivity contribution in [2.45, 2.75) is 19.9 Å². The Labute approximate surface area is 95.3 Å². The summed E-state index contributed by atoms with van der Waals surface area (Å²) in [6.45, 7) is 6.80. The van der Waals surface area contributed by atoms with Crippen LogP contribution in [0, 0.1) is 0 Å². The van der Waals surface area contributed by atoms with E-state index in [2.05, 4.69) is 15.4 Å². The zero-order chi connectivity index (χ0) is 12.0. The lowest BCUT2D eigenvalue weighted by Gasteiger charge is -2.32. The van der Waals surface area contributed by atoms with Gasteiger partial charge >= 0.3 is 6.09 Å². The fourth-order valence-corrected chi connectivity index (χ4v) is 1.62. The molecule has 1 aliphatic rings. The maximum Gasteiger partial charge on any atom is 0.413 e. The van der Waals surface area contributed by atoms with E-state index in [0.29, 0.717) is 6.04 Å². The number of piperazine rings is 1. The van der Waals surface area contributed by atoms with Gasteiger partial charge in [0.2, 0.25) is 5.91 Å². The van der Waals surface area contributed by atoms with Crippen LogP contribution in [-0.2, 0) is 9.53 Å². The van der Waals surface area contributed by atoms with Gasteiger partial charge in [-0.2, -0.15) is 0 Å². The summed E-state index contributed by atoms with van der Waals surface area (Å²) in [5.41, 5.74) is 0. The fourth-order valence-electron chi connectivity index (χ4n) is 1.62. The van der Waals surface area contributed by atoms with Crippen LogP contribution in [0.4, 0.5) is 4.79 Å². The van der Waals surface area contributed by atoms with E-state index in [1.54, 1.807) is 6.92 Å². The van der Waals surface area contributed by atoms with Crippen molar-refractivity contribution in [3.8, 4) is 0 Å². The maximum atomic E-state index is 11.5. The summed E-state index contributed by atoms with van der Waals surface area (Å²) < 4.78 is 4.63. The Kier molecular flexibility index (Phi) is 5.21. The van der Waals surface area contributed by atoms with Gasteiger partial charge in [-0.15, -0.1) is 0 Å². The molecule has 6 nitrogen and oxygen atoms in total. The number of rotatable bonds is 3. The molecule has 0 aromatic heterocycles. The molecule has 0 saturated carbocycles. The molecule has 16 heavy (non-hydrogen) atoms. The summed E-state index contributed by atoms with van der Waals surface area (Å²) in [6, 6.07) is 0.307. The van der Waals surface area contributed by atoms with Gasteiger partial charge in [0.1, 0.15) is 0 Å². The predicted molar refractivity (Wildman–Crippen MR) is 59.1 cm³/mol. The van der Waals surface area contributed by atoms with E-state index in [1.807, 2.05) is 11.8 Å². The maximum absolute atomic E-state index is 11.5. The Morgan fingerprint density at radius 2 is 2.31 bits per heavy atom. The minimum absolute atomic E-state index is 0.238. The molecule has 0 unspecified atom stereocenters. The van der Waals surface area contributed by atoms with Crippen LogP contribution < -0.4 is 10.6 Å². The van der Waals surface area contributed by atoms with Crippen LogP contribution in [0.2, 0.25) is 0 Å². The van der Waals surface area contributed by atoms with Crippen LogP contribution in [-0.4, -0.2) is 55.7 Å². The van der Waals surface area contributed by atoms with Crippen molar-refractivity contribution < 1.29 is 14.3 Å². The van der Waals surface area contributed by atoms with Gasteiger partial charge in [0.05, 0.1) is 13.2 Å². The van der Waals surface area contributed by atoms with Gasteiger partial charge in [-0.25, -0.2) is 4.79 Å². The van der Waals surface area contributed by atoms with Crippen LogP contribution in [0.15, 0.2) is 0 Å². The van der Waals surface area contributed by atoms with Crippen molar-refractivity contribution in [2.24, 2.45) is 0 Å². The van der Waals surface area contributed by atoms with E-state index >= 15 is 0 Å². The first-order chi connectivity index (χ1) is 7.63. The molecule has 1 aliphatic heterocycles. The molecule has 0 radical (unpaired) electrons. The number of nitrogens with one attached hydrogen (secondary N) is 2. The van der Waals surface area contributed by atoms with Crippen molar-refractivity contribution in [3.05, 3.63) is 0 Å². The van der Waals surface area contributed by atoms with Crippen molar-refractivity contribution in [1.29, 1.82) is 0 Å². The van der Waals surface area contributed by atoms with Crippen LogP contribution in [0.1, 0.15) is 13.8 Å². The first-order valence-corrected chi connectivity index (χ1v) is 5.55. The lowest BCUT2D eigenvalue weighted by molar-refractivity contribution is -0.122. The molecular weight excluding hydrogens is 210 g/mol. The van der Waals surface area contributed by atoms with Gasteiger partial charge in [0, 0.05) is 25.7 Å². The molecule has 6 heteroatoms. The van der Waals surface area contributed by atoms with E-state index < -0.39 is 6.09 Å². The first-order valence-electron chi connectivity index (χ1n) is 5.55. The molecular formula is C10H19N3O3. The van der Waals surface area contributed by atoms with E-state index in [4.69, 9.17) is 0 Å². The quantitative estimate of drug-likeness (QED) is 0.686. The molecule has 1 rings (SSSR count). The smallest absolute Gasteiger partial charge is 0.413 e. The number of alkyl carbamates (subject to hydrolysis) is 1. The summed E-state index contributed by atoms with van der Waals surface area (Å²) >= 11 is 0. The second-order valence-corrected chi connectivity index (χ2v) is 3.79.